The molecule has 0 unspecified atom stereocenters. The topological polar surface area (TPSA) is 52.6 Å². The van der Waals surface area contributed by atoms with E-state index >= 15 is 0 Å². The van der Waals surface area contributed by atoms with E-state index in [2.05, 4.69) is 0 Å². The van der Waals surface area contributed by atoms with E-state index < -0.39 is 5.97 Å². The van der Waals surface area contributed by atoms with Crippen molar-refractivity contribution < 1.29 is 19.1 Å². The Morgan fingerprint density at radius 3 is 2.81 bits per heavy atom. The second-order valence-electron chi connectivity index (χ2n) is 4.67. The molecular formula is C17H18O4. The van der Waals surface area contributed by atoms with Gasteiger partial charge in [0, 0.05) is 11.6 Å². The Balaban J connectivity index is 2.39. The maximum Gasteiger partial charge on any atom is 0.330 e. The molecule has 1 aromatic rings. The van der Waals surface area contributed by atoms with Gasteiger partial charge in [-0.1, -0.05) is 6.07 Å². The highest BCUT2D eigenvalue weighted by Gasteiger charge is 2.17. The van der Waals surface area contributed by atoms with Crippen LogP contribution in [0.4, 0.5) is 0 Å². The second-order valence-corrected chi connectivity index (χ2v) is 4.67. The number of methoxy groups -OCH3 is 1. The monoisotopic (exact) mass is 286 g/mol. The third-order valence-corrected chi connectivity index (χ3v) is 3.43. The molecule has 4 nitrogen and oxygen atoms in total. The maximum absolute atomic E-state index is 11.5. The molecule has 0 heterocycles. The summed E-state index contributed by atoms with van der Waals surface area (Å²) >= 11 is 0. The average Bonchev–Trinajstić information content (AvgIpc) is 2.52. The van der Waals surface area contributed by atoms with Crippen LogP contribution in [-0.2, 0) is 20.7 Å². The summed E-state index contributed by atoms with van der Waals surface area (Å²) in [5, 5.41) is 0. The van der Waals surface area contributed by atoms with Gasteiger partial charge in [-0.15, -0.1) is 0 Å². The zero-order valence-corrected chi connectivity index (χ0v) is 12.2. The number of allylic oxidation sites excluding steroid dienone is 3. The lowest BCUT2D eigenvalue weighted by atomic mass is 9.85. The number of esters is 1. The van der Waals surface area contributed by atoms with Crippen molar-refractivity contribution >= 4 is 17.8 Å². The molecule has 0 bridgehead atoms. The van der Waals surface area contributed by atoms with Crippen LogP contribution in [0, 0.1) is 0 Å². The fourth-order valence-electron chi connectivity index (χ4n) is 2.40. The minimum absolute atomic E-state index is 0.330. The Morgan fingerprint density at radius 2 is 2.14 bits per heavy atom. The number of fused-ring (bicyclic) bond motifs is 1. The van der Waals surface area contributed by atoms with Crippen LogP contribution in [-0.4, -0.2) is 26.0 Å². The fraction of sp³-hybridized carbons (Fsp3) is 0.294. The molecule has 21 heavy (non-hydrogen) atoms. The zero-order chi connectivity index (χ0) is 15.2. The lowest BCUT2D eigenvalue weighted by molar-refractivity contribution is -0.137. The highest BCUT2D eigenvalue weighted by Crippen LogP contribution is 2.33. The molecule has 2 rings (SSSR count). The van der Waals surface area contributed by atoms with Gasteiger partial charge < -0.3 is 9.47 Å². The predicted octanol–water partition coefficient (Wildman–Crippen LogP) is 2.71. The number of aryl methyl sites for hydroxylation is 1. The molecule has 1 aliphatic rings. The maximum atomic E-state index is 11.5. The highest BCUT2D eigenvalue weighted by atomic mass is 16.5. The summed E-state index contributed by atoms with van der Waals surface area (Å²) < 4.78 is 10.1. The quantitative estimate of drug-likeness (QED) is 0.474. The Hall–Kier alpha value is -2.36. The molecule has 0 N–H and O–H groups in total. The number of benzene rings is 1. The molecule has 1 aromatic carbocycles. The summed E-state index contributed by atoms with van der Waals surface area (Å²) in [6.07, 6.45) is 5.33. The van der Waals surface area contributed by atoms with Crippen LogP contribution in [0.15, 0.2) is 35.9 Å². The molecule has 110 valence electrons. The number of carbonyl (C=O) groups excluding carboxylic acids is 2. The van der Waals surface area contributed by atoms with Crippen molar-refractivity contribution in [2.75, 3.05) is 13.7 Å². The van der Waals surface area contributed by atoms with Crippen molar-refractivity contribution in [2.45, 2.75) is 19.8 Å². The molecule has 0 aliphatic heterocycles. The van der Waals surface area contributed by atoms with Gasteiger partial charge in [0.25, 0.3) is 0 Å². The van der Waals surface area contributed by atoms with Crippen molar-refractivity contribution in [3.63, 3.8) is 0 Å². The predicted molar refractivity (Wildman–Crippen MR) is 80.1 cm³/mol. The van der Waals surface area contributed by atoms with Crippen LogP contribution in [0.1, 0.15) is 24.5 Å². The highest BCUT2D eigenvalue weighted by molar-refractivity contribution is 5.96. The molecule has 0 saturated carbocycles. The van der Waals surface area contributed by atoms with Gasteiger partial charge in [0.2, 0.25) is 0 Å². The van der Waals surface area contributed by atoms with Crippen LogP contribution in [0.3, 0.4) is 0 Å². The van der Waals surface area contributed by atoms with Crippen LogP contribution >= 0.6 is 0 Å². The minimum atomic E-state index is -0.407. The van der Waals surface area contributed by atoms with E-state index in [4.69, 9.17) is 9.47 Å². The lowest BCUT2D eigenvalue weighted by Gasteiger charge is -2.19. The number of ether oxygens (including phenoxy) is 2. The van der Waals surface area contributed by atoms with E-state index in [9.17, 15) is 9.59 Å². The molecule has 0 aromatic heterocycles. The number of carbonyl (C=O) groups is 2. The van der Waals surface area contributed by atoms with Gasteiger partial charge in [-0.25, -0.2) is 4.79 Å². The summed E-state index contributed by atoms with van der Waals surface area (Å²) in [6.45, 7) is 2.08. The van der Waals surface area contributed by atoms with E-state index in [1.165, 1.54) is 6.08 Å². The van der Waals surface area contributed by atoms with Crippen LogP contribution in [0.2, 0.25) is 0 Å². The third kappa shape index (κ3) is 3.40. The molecule has 4 heteroatoms. The van der Waals surface area contributed by atoms with Gasteiger partial charge in [0.05, 0.1) is 13.7 Å². The molecule has 0 spiro atoms. The zero-order valence-electron chi connectivity index (χ0n) is 12.2. The van der Waals surface area contributed by atoms with Gasteiger partial charge in [-0.3, -0.25) is 4.79 Å². The van der Waals surface area contributed by atoms with Crippen molar-refractivity contribution in [2.24, 2.45) is 0 Å². The van der Waals surface area contributed by atoms with E-state index in [1.54, 1.807) is 20.1 Å². The number of hydrogen-bond donors (Lipinski definition) is 0. The van der Waals surface area contributed by atoms with Gasteiger partial charge in [-0.05, 0) is 54.7 Å². The molecule has 0 radical (unpaired) electrons. The normalized spacial score (nSPS) is 14.0. The third-order valence-electron chi connectivity index (χ3n) is 3.43. The average molecular weight is 286 g/mol. The van der Waals surface area contributed by atoms with Crippen molar-refractivity contribution in [1.82, 2.24) is 0 Å². The van der Waals surface area contributed by atoms with E-state index in [1.807, 2.05) is 18.2 Å². The van der Waals surface area contributed by atoms with E-state index in [-0.39, 0.29) is 0 Å². The summed E-state index contributed by atoms with van der Waals surface area (Å²) in [6, 6.07) is 5.74. The largest absolute Gasteiger partial charge is 0.497 e. The molecule has 0 atom stereocenters. The van der Waals surface area contributed by atoms with Crippen LogP contribution in [0.25, 0.3) is 5.57 Å². The fourth-order valence-corrected chi connectivity index (χ4v) is 2.40. The van der Waals surface area contributed by atoms with E-state index in [0.717, 1.165) is 35.2 Å². The Labute approximate surface area is 124 Å². The Morgan fingerprint density at radius 1 is 1.33 bits per heavy atom. The molecule has 1 aliphatic carbocycles. The summed E-state index contributed by atoms with van der Waals surface area (Å²) in [7, 11) is 1.62. The lowest BCUT2D eigenvalue weighted by Crippen LogP contribution is -2.06. The first-order chi connectivity index (χ1) is 10.2. The first-order valence-electron chi connectivity index (χ1n) is 6.90. The van der Waals surface area contributed by atoms with Crippen LogP contribution < -0.4 is 4.74 Å². The van der Waals surface area contributed by atoms with Gasteiger partial charge in [0.1, 0.15) is 12.0 Å². The molecular weight excluding hydrogens is 268 g/mol. The molecule has 0 amide bonds. The summed E-state index contributed by atoms with van der Waals surface area (Å²) in [4.78, 5) is 22.7. The standard InChI is InChI=1S/C17H18O4/c1-3-21-17(19)9-8-16-13(11-18)5-4-12-10-14(20-2)6-7-15(12)16/h6-11H,3-5H2,1-2H3/b9-8+. The number of hydrogen-bond acceptors (Lipinski definition) is 4. The van der Waals surface area contributed by atoms with Crippen LogP contribution in [0.5, 0.6) is 5.75 Å². The van der Waals surface area contributed by atoms with Crippen molar-refractivity contribution in [1.29, 1.82) is 0 Å². The first kappa shape index (κ1) is 15.0. The second kappa shape index (κ2) is 6.88. The van der Waals surface area contributed by atoms with Gasteiger partial charge >= 0.3 is 5.97 Å². The Bertz CT molecular complexity index is 611. The summed E-state index contributed by atoms with van der Waals surface area (Å²) in [5.74, 6) is 0.382. The van der Waals surface area contributed by atoms with Gasteiger partial charge in [0.15, 0.2) is 0 Å². The Kier molecular flexibility index (Phi) is 4.93. The van der Waals surface area contributed by atoms with Gasteiger partial charge in [-0.2, -0.15) is 0 Å². The first-order valence-corrected chi connectivity index (χ1v) is 6.90. The van der Waals surface area contributed by atoms with Crippen molar-refractivity contribution in [3.05, 3.63) is 47.1 Å². The van der Waals surface area contributed by atoms with E-state index in [0.29, 0.717) is 18.6 Å². The number of rotatable bonds is 5. The SMILES string of the molecule is CCOC(=O)/C=C/C1=C(C=O)CCc2cc(OC)ccc21. The molecule has 0 fully saturated rings. The number of aldehydes is 1. The molecule has 0 saturated heterocycles. The minimum Gasteiger partial charge on any atom is -0.497 e. The van der Waals surface area contributed by atoms with Crippen molar-refractivity contribution in [3.8, 4) is 5.75 Å². The summed E-state index contributed by atoms with van der Waals surface area (Å²) in [5.41, 5.74) is 3.56. The smallest absolute Gasteiger partial charge is 0.330 e.